The number of amides is 1. The van der Waals surface area contributed by atoms with Gasteiger partial charge in [-0.05, 0) is 12.8 Å². The zero-order valence-electron chi connectivity index (χ0n) is 16.9. The molecule has 150 valence electrons. The standard InChI is InChI=1S/C24H37NO2/c1-2-3-4-5-6-7-8-9-10-11-12-13-14-15-16-17-18-19-20-21-24(27)25-22-23-26/h10-21,26H,2-9,22-23H2,1H3,(H,25,27)/b11-10-,13-12-,15-14+,17-16-,19-18-,21-20+. The first-order valence-electron chi connectivity index (χ1n) is 10.2. The normalized spacial score (nSPS) is 12.8. The van der Waals surface area contributed by atoms with Crippen molar-refractivity contribution in [1.82, 2.24) is 5.32 Å². The van der Waals surface area contributed by atoms with E-state index in [2.05, 4.69) is 30.5 Å². The van der Waals surface area contributed by atoms with Gasteiger partial charge in [0.05, 0.1) is 6.61 Å². The highest BCUT2D eigenvalue weighted by Crippen LogP contribution is 2.08. The lowest BCUT2D eigenvalue weighted by Crippen LogP contribution is -2.24. The number of rotatable bonds is 16. The average Bonchev–Trinajstić information content (AvgIpc) is 2.68. The Kier molecular flexibility index (Phi) is 20.2. The van der Waals surface area contributed by atoms with Crippen LogP contribution in [0, 0.1) is 0 Å². The number of aliphatic hydroxyl groups excluding tert-OH is 1. The highest BCUT2D eigenvalue weighted by atomic mass is 16.3. The van der Waals surface area contributed by atoms with E-state index in [1.54, 1.807) is 12.2 Å². The van der Waals surface area contributed by atoms with Crippen molar-refractivity contribution in [2.45, 2.75) is 58.3 Å². The van der Waals surface area contributed by atoms with Crippen LogP contribution >= 0.6 is 0 Å². The zero-order valence-corrected chi connectivity index (χ0v) is 16.9. The Balaban J connectivity index is 3.65. The molecule has 27 heavy (non-hydrogen) atoms. The third kappa shape index (κ3) is 21.8. The number of aliphatic hydroxyl groups is 1. The Morgan fingerprint density at radius 2 is 1.26 bits per heavy atom. The summed E-state index contributed by atoms with van der Waals surface area (Å²) in [5, 5.41) is 11.1. The molecule has 0 bridgehead atoms. The van der Waals surface area contributed by atoms with Gasteiger partial charge in [0.2, 0.25) is 5.91 Å². The van der Waals surface area contributed by atoms with Crippen LogP contribution in [0.1, 0.15) is 58.3 Å². The van der Waals surface area contributed by atoms with E-state index >= 15 is 0 Å². The predicted molar refractivity (Wildman–Crippen MR) is 118 cm³/mol. The maximum absolute atomic E-state index is 11.2. The van der Waals surface area contributed by atoms with E-state index < -0.39 is 0 Å². The van der Waals surface area contributed by atoms with Gasteiger partial charge in [0.1, 0.15) is 0 Å². The predicted octanol–water partition coefficient (Wildman–Crippen LogP) is 5.57. The number of hydrogen-bond acceptors (Lipinski definition) is 2. The van der Waals surface area contributed by atoms with Crippen molar-refractivity contribution < 1.29 is 9.90 Å². The number of hydrogen-bond donors (Lipinski definition) is 2. The molecule has 0 heterocycles. The number of unbranched alkanes of at least 4 members (excludes halogenated alkanes) is 7. The van der Waals surface area contributed by atoms with Gasteiger partial charge in [-0.3, -0.25) is 4.79 Å². The quantitative estimate of drug-likeness (QED) is 0.212. The largest absolute Gasteiger partial charge is 0.395 e. The number of allylic oxidation sites excluding steroid dienone is 11. The molecule has 0 unspecified atom stereocenters. The van der Waals surface area contributed by atoms with Crippen LogP contribution in [0.15, 0.2) is 72.9 Å². The molecule has 0 rings (SSSR count). The van der Waals surface area contributed by atoms with Gasteiger partial charge in [0, 0.05) is 12.6 Å². The molecule has 0 fully saturated rings. The van der Waals surface area contributed by atoms with Crippen LogP contribution in [0.25, 0.3) is 0 Å². The van der Waals surface area contributed by atoms with E-state index in [1.165, 1.54) is 51.0 Å². The zero-order chi connectivity index (χ0) is 19.8. The lowest BCUT2D eigenvalue weighted by Gasteiger charge is -1.98. The Labute approximate surface area is 166 Å². The molecule has 0 saturated carbocycles. The summed E-state index contributed by atoms with van der Waals surface area (Å²) >= 11 is 0. The third-order valence-electron chi connectivity index (χ3n) is 3.77. The van der Waals surface area contributed by atoms with Crippen molar-refractivity contribution in [3.05, 3.63) is 72.9 Å². The minimum atomic E-state index is -0.206. The first kappa shape index (κ1) is 24.9. The lowest BCUT2D eigenvalue weighted by molar-refractivity contribution is -0.116. The molecule has 0 saturated heterocycles. The van der Waals surface area contributed by atoms with Crippen LogP contribution in [0.2, 0.25) is 0 Å². The summed E-state index contributed by atoms with van der Waals surface area (Å²) in [7, 11) is 0. The summed E-state index contributed by atoms with van der Waals surface area (Å²) in [6, 6.07) is 0. The van der Waals surface area contributed by atoms with Crippen molar-refractivity contribution in [3.63, 3.8) is 0 Å². The molecule has 0 aromatic rings. The summed E-state index contributed by atoms with van der Waals surface area (Å²) in [5.41, 5.74) is 0. The van der Waals surface area contributed by atoms with Gasteiger partial charge in [-0.2, -0.15) is 0 Å². The van der Waals surface area contributed by atoms with E-state index in [0.717, 1.165) is 6.42 Å². The highest BCUT2D eigenvalue weighted by molar-refractivity contribution is 5.87. The topological polar surface area (TPSA) is 49.3 Å². The molecule has 0 aliphatic heterocycles. The van der Waals surface area contributed by atoms with Crippen LogP contribution in [-0.4, -0.2) is 24.2 Å². The molecular formula is C24H37NO2. The Bertz CT molecular complexity index is 510. The van der Waals surface area contributed by atoms with Crippen LogP contribution in [0.5, 0.6) is 0 Å². The van der Waals surface area contributed by atoms with Gasteiger partial charge < -0.3 is 10.4 Å². The molecule has 2 N–H and O–H groups in total. The SMILES string of the molecule is CCCCCCCCC\C=C/C=C\C=C\C=C/C=C\C=C\C(=O)NCCO. The van der Waals surface area contributed by atoms with Gasteiger partial charge >= 0.3 is 0 Å². The number of nitrogens with one attached hydrogen (secondary N) is 1. The van der Waals surface area contributed by atoms with Crippen molar-refractivity contribution in [2.24, 2.45) is 0 Å². The van der Waals surface area contributed by atoms with Crippen molar-refractivity contribution >= 4 is 5.91 Å². The fourth-order valence-electron chi connectivity index (χ4n) is 2.29. The molecule has 3 nitrogen and oxygen atoms in total. The minimum absolute atomic E-state index is 0.0477. The fourth-order valence-corrected chi connectivity index (χ4v) is 2.29. The van der Waals surface area contributed by atoms with Crippen molar-refractivity contribution in [2.75, 3.05) is 13.2 Å². The monoisotopic (exact) mass is 371 g/mol. The fraction of sp³-hybridized carbons (Fsp3) is 0.458. The van der Waals surface area contributed by atoms with E-state index in [0.29, 0.717) is 0 Å². The summed E-state index contributed by atoms with van der Waals surface area (Å²) in [6.07, 6.45) is 33.6. The second-order valence-corrected chi connectivity index (χ2v) is 6.25. The molecule has 0 aliphatic carbocycles. The summed E-state index contributed by atoms with van der Waals surface area (Å²) in [4.78, 5) is 11.2. The maximum atomic E-state index is 11.2. The van der Waals surface area contributed by atoms with Gasteiger partial charge in [-0.25, -0.2) is 0 Å². The first-order chi connectivity index (χ1) is 13.3. The average molecular weight is 372 g/mol. The Hall–Kier alpha value is -2.13. The molecular weight excluding hydrogens is 334 g/mol. The van der Waals surface area contributed by atoms with Crippen molar-refractivity contribution in [1.29, 1.82) is 0 Å². The van der Waals surface area contributed by atoms with Crippen LogP contribution in [-0.2, 0) is 4.79 Å². The minimum Gasteiger partial charge on any atom is -0.395 e. The van der Waals surface area contributed by atoms with Gasteiger partial charge in [-0.1, -0.05) is 112 Å². The second kappa shape index (κ2) is 21.9. The first-order valence-corrected chi connectivity index (χ1v) is 10.2. The molecule has 3 heteroatoms. The Morgan fingerprint density at radius 1 is 0.741 bits per heavy atom. The van der Waals surface area contributed by atoms with Gasteiger partial charge in [0.25, 0.3) is 0 Å². The second-order valence-electron chi connectivity index (χ2n) is 6.25. The molecule has 0 atom stereocenters. The van der Waals surface area contributed by atoms with Crippen molar-refractivity contribution in [3.8, 4) is 0 Å². The molecule has 0 aliphatic rings. The molecule has 0 spiro atoms. The van der Waals surface area contributed by atoms with Crippen LogP contribution in [0.4, 0.5) is 0 Å². The van der Waals surface area contributed by atoms with Gasteiger partial charge in [0.15, 0.2) is 0 Å². The lowest BCUT2D eigenvalue weighted by atomic mass is 10.1. The molecule has 0 radical (unpaired) electrons. The van der Waals surface area contributed by atoms with E-state index in [9.17, 15) is 4.79 Å². The number of carbonyl (C=O) groups is 1. The summed E-state index contributed by atoms with van der Waals surface area (Å²) in [6.45, 7) is 2.49. The van der Waals surface area contributed by atoms with Crippen LogP contribution in [0.3, 0.4) is 0 Å². The van der Waals surface area contributed by atoms with E-state index in [-0.39, 0.29) is 19.1 Å². The summed E-state index contributed by atoms with van der Waals surface area (Å²) in [5.74, 6) is -0.206. The molecule has 0 aromatic carbocycles. The van der Waals surface area contributed by atoms with E-state index in [4.69, 9.17) is 5.11 Å². The third-order valence-corrected chi connectivity index (χ3v) is 3.77. The Morgan fingerprint density at radius 3 is 1.85 bits per heavy atom. The maximum Gasteiger partial charge on any atom is 0.244 e. The molecule has 0 aromatic heterocycles. The summed E-state index contributed by atoms with van der Waals surface area (Å²) < 4.78 is 0. The highest BCUT2D eigenvalue weighted by Gasteiger charge is 1.90. The van der Waals surface area contributed by atoms with Gasteiger partial charge in [-0.15, -0.1) is 0 Å². The smallest absolute Gasteiger partial charge is 0.244 e. The number of carbonyl (C=O) groups excluding carboxylic acids is 1. The van der Waals surface area contributed by atoms with E-state index in [1.807, 2.05) is 36.5 Å². The molecule has 1 amide bonds. The van der Waals surface area contributed by atoms with Crippen LogP contribution < -0.4 is 5.32 Å².